The summed E-state index contributed by atoms with van der Waals surface area (Å²) in [5.41, 5.74) is 7.54. The van der Waals surface area contributed by atoms with Crippen LogP contribution in [0.5, 0.6) is 0 Å². The van der Waals surface area contributed by atoms with Crippen LogP contribution in [0, 0.1) is 0 Å². The lowest BCUT2D eigenvalue weighted by Gasteiger charge is -2.00. The van der Waals surface area contributed by atoms with Crippen molar-refractivity contribution in [3.63, 3.8) is 0 Å². The lowest BCUT2D eigenvalue weighted by molar-refractivity contribution is 0.112. The third kappa shape index (κ3) is 1.29. The van der Waals surface area contributed by atoms with Gasteiger partial charge in [-0.2, -0.15) is 0 Å². The maximum Gasteiger partial charge on any atom is 0.150 e. The smallest absolute Gasteiger partial charge is 0.150 e. The Morgan fingerprint density at radius 3 is 2.93 bits per heavy atom. The molecule has 3 N–H and O–H groups in total. The van der Waals surface area contributed by atoms with E-state index in [1.54, 1.807) is 6.07 Å². The van der Waals surface area contributed by atoms with E-state index >= 15 is 0 Å². The summed E-state index contributed by atoms with van der Waals surface area (Å²) < 4.78 is 0.941. The molecule has 0 saturated heterocycles. The fourth-order valence-corrected chi connectivity index (χ4v) is 2.53. The van der Waals surface area contributed by atoms with Gasteiger partial charge in [-0.05, 0) is 23.1 Å². The number of carbonyl (C=O) groups is 1. The predicted molar refractivity (Wildman–Crippen MR) is 57.5 cm³/mol. The van der Waals surface area contributed by atoms with Crippen molar-refractivity contribution in [1.82, 2.24) is 0 Å². The number of carbonyl (C=O) groups excluding carboxylic acids is 1. The van der Waals surface area contributed by atoms with Gasteiger partial charge in [0.05, 0.1) is 6.61 Å². The number of nitrogen functional groups attached to an aromatic ring is 1. The zero-order valence-corrected chi connectivity index (χ0v) is 8.17. The highest BCUT2D eigenvalue weighted by molar-refractivity contribution is 7.17. The second-order valence-electron chi connectivity index (χ2n) is 3.02. The molecule has 4 heteroatoms. The number of fused-ring (bicyclic) bond motifs is 1. The van der Waals surface area contributed by atoms with Crippen molar-refractivity contribution in [3.8, 4) is 0 Å². The topological polar surface area (TPSA) is 63.3 Å². The standard InChI is InChI=1S/C10H9NO2S/c11-8-1-6(3-12)10-7(4-13)5-14-9(10)2-8/h1-3,5,13H,4,11H2. The van der Waals surface area contributed by atoms with Gasteiger partial charge in [0.2, 0.25) is 0 Å². The molecule has 0 amide bonds. The van der Waals surface area contributed by atoms with E-state index in [2.05, 4.69) is 0 Å². The lowest BCUT2D eigenvalue weighted by Crippen LogP contribution is -1.90. The molecule has 1 heterocycles. The highest BCUT2D eigenvalue weighted by atomic mass is 32.1. The maximum atomic E-state index is 10.8. The van der Waals surface area contributed by atoms with Crippen LogP contribution in [0.1, 0.15) is 15.9 Å². The molecule has 0 aliphatic heterocycles. The second-order valence-corrected chi connectivity index (χ2v) is 3.93. The molecule has 0 fully saturated rings. The minimum Gasteiger partial charge on any atom is -0.399 e. The largest absolute Gasteiger partial charge is 0.399 e. The van der Waals surface area contributed by atoms with Crippen molar-refractivity contribution in [3.05, 3.63) is 28.6 Å². The van der Waals surface area contributed by atoms with Crippen molar-refractivity contribution >= 4 is 33.4 Å². The van der Waals surface area contributed by atoms with Gasteiger partial charge in [0.15, 0.2) is 6.29 Å². The second kappa shape index (κ2) is 3.40. The maximum absolute atomic E-state index is 10.8. The summed E-state index contributed by atoms with van der Waals surface area (Å²) in [7, 11) is 0. The first-order chi connectivity index (χ1) is 6.76. The first-order valence-corrected chi connectivity index (χ1v) is 5.00. The summed E-state index contributed by atoms with van der Waals surface area (Å²) in [5, 5.41) is 11.7. The van der Waals surface area contributed by atoms with Gasteiger partial charge in [0.25, 0.3) is 0 Å². The third-order valence-electron chi connectivity index (χ3n) is 2.10. The van der Waals surface area contributed by atoms with Gasteiger partial charge in [0.1, 0.15) is 0 Å². The molecule has 0 bridgehead atoms. The van der Waals surface area contributed by atoms with Crippen molar-refractivity contribution in [2.24, 2.45) is 0 Å². The van der Waals surface area contributed by atoms with Crippen molar-refractivity contribution in [1.29, 1.82) is 0 Å². The van der Waals surface area contributed by atoms with Crippen LogP contribution >= 0.6 is 11.3 Å². The zero-order valence-electron chi connectivity index (χ0n) is 7.36. The molecule has 1 aromatic carbocycles. The van der Waals surface area contributed by atoms with E-state index in [1.165, 1.54) is 11.3 Å². The number of aliphatic hydroxyl groups is 1. The van der Waals surface area contributed by atoms with E-state index in [1.807, 2.05) is 11.4 Å². The van der Waals surface area contributed by atoms with E-state index < -0.39 is 0 Å². The third-order valence-corrected chi connectivity index (χ3v) is 3.08. The highest BCUT2D eigenvalue weighted by Crippen LogP contribution is 2.30. The number of rotatable bonds is 2. The Bertz CT molecular complexity index is 490. The molecule has 0 aliphatic rings. The molecule has 0 aliphatic carbocycles. The van der Waals surface area contributed by atoms with Gasteiger partial charge in [-0.1, -0.05) is 0 Å². The molecule has 72 valence electrons. The molecule has 0 atom stereocenters. The molecule has 2 aromatic rings. The van der Waals surface area contributed by atoms with Crippen LogP contribution in [-0.4, -0.2) is 11.4 Å². The summed E-state index contributed by atoms with van der Waals surface area (Å²) in [6.07, 6.45) is 0.768. The average molecular weight is 207 g/mol. The minimum atomic E-state index is -0.0508. The molecular weight excluding hydrogens is 198 g/mol. The lowest BCUT2D eigenvalue weighted by atomic mass is 10.1. The van der Waals surface area contributed by atoms with Crippen LogP contribution in [0.4, 0.5) is 5.69 Å². The Morgan fingerprint density at radius 2 is 2.29 bits per heavy atom. The summed E-state index contributed by atoms with van der Waals surface area (Å²) in [5.74, 6) is 0. The average Bonchev–Trinajstić information content (AvgIpc) is 2.59. The number of anilines is 1. The number of aliphatic hydroxyl groups excluding tert-OH is 1. The van der Waals surface area contributed by atoms with Crippen LogP contribution in [0.3, 0.4) is 0 Å². The molecule has 0 spiro atoms. The van der Waals surface area contributed by atoms with Crippen LogP contribution < -0.4 is 5.73 Å². The van der Waals surface area contributed by atoms with Gasteiger partial charge >= 0.3 is 0 Å². The van der Waals surface area contributed by atoms with E-state index in [-0.39, 0.29) is 6.61 Å². The van der Waals surface area contributed by atoms with E-state index in [0.717, 1.165) is 21.9 Å². The summed E-state index contributed by atoms with van der Waals surface area (Å²) in [6.45, 7) is -0.0508. The molecule has 3 nitrogen and oxygen atoms in total. The van der Waals surface area contributed by atoms with Gasteiger partial charge in [-0.15, -0.1) is 11.3 Å². The Labute approximate surface area is 84.8 Å². The van der Waals surface area contributed by atoms with Crippen LogP contribution in [0.25, 0.3) is 10.1 Å². The summed E-state index contributed by atoms with van der Waals surface area (Å²) >= 11 is 1.48. The SMILES string of the molecule is Nc1cc(C=O)c2c(CO)csc2c1. The van der Waals surface area contributed by atoms with Crippen LogP contribution in [0.2, 0.25) is 0 Å². The van der Waals surface area contributed by atoms with E-state index in [9.17, 15) is 4.79 Å². The van der Waals surface area contributed by atoms with E-state index in [4.69, 9.17) is 10.8 Å². The van der Waals surface area contributed by atoms with Crippen molar-refractivity contribution in [2.75, 3.05) is 5.73 Å². The Balaban J connectivity index is 2.85. The Kier molecular flexibility index (Phi) is 2.23. The fourth-order valence-electron chi connectivity index (χ4n) is 1.50. The quantitative estimate of drug-likeness (QED) is 0.583. The van der Waals surface area contributed by atoms with Crippen LogP contribution in [0.15, 0.2) is 17.5 Å². The normalized spacial score (nSPS) is 10.6. The first kappa shape index (κ1) is 9.18. The number of aldehydes is 1. The number of hydrogen-bond donors (Lipinski definition) is 2. The van der Waals surface area contributed by atoms with Crippen molar-refractivity contribution in [2.45, 2.75) is 6.61 Å². The molecule has 2 rings (SSSR count). The fraction of sp³-hybridized carbons (Fsp3) is 0.100. The Hall–Kier alpha value is -1.39. The van der Waals surface area contributed by atoms with Gasteiger partial charge in [-0.3, -0.25) is 4.79 Å². The molecule has 0 saturated carbocycles. The first-order valence-electron chi connectivity index (χ1n) is 4.12. The van der Waals surface area contributed by atoms with Gasteiger partial charge < -0.3 is 10.8 Å². The van der Waals surface area contributed by atoms with Gasteiger partial charge in [-0.25, -0.2) is 0 Å². The number of benzene rings is 1. The monoisotopic (exact) mass is 207 g/mol. The minimum absolute atomic E-state index is 0.0508. The number of thiophene rings is 1. The van der Waals surface area contributed by atoms with Crippen molar-refractivity contribution < 1.29 is 9.90 Å². The molecular formula is C10H9NO2S. The number of nitrogens with two attached hydrogens (primary N) is 1. The molecule has 0 unspecified atom stereocenters. The summed E-state index contributed by atoms with van der Waals surface area (Å²) in [6, 6.07) is 3.44. The molecule has 0 radical (unpaired) electrons. The zero-order chi connectivity index (χ0) is 10.1. The molecule has 14 heavy (non-hydrogen) atoms. The summed E-state index contributed by atoms with van der Waals surface area (Å²) in [4.78, 5) is 10.8. The predicted octanol–water partition coefficient (Wildman–Crippen LogP) is 1.79. The van der Waals surface area contributed by atoms with E-state index in [0.29, 0.717) is 11.3 Å². The Morgan fingerprint density at radius 1 is 1.50 bits per heavy atom. The van der Waals surface area contributed by atoms with Gasteiger partial charge in [0, 0.05) is 21.3 Å². The molecule has 1 aromatic heterocycles. The highest BCUT2D eigenvalue weighted by Gasteiger charge is 2.08. The van der Waals surface area contributed by atoms with Crippen LogP contribution in [-0.2, 0) is 6.61 Å². The number of hydrogen-bond acceptors (Lipinski definition) is 4.